The predicted octanol–water partition coefficient (Wildman–Crippen LogP) is 1.94. The van der Waals surface area contributed by atoms with Gasteiger partial charge in [0.15, 0.2) is 0 Å². The van der Waals surface area contributed by atoms with Crippen molar-refractivity contribution in [3.63, 3.8) is 0 Å². The summed E-state index contributed by atoms with van der Waals surface area (Å²) in [4.78, 5) is 12.4. The Kier molecular flexibility index (Phi) is 3.98. The van der Waals surface area contributed by atoms with E-state index in [1.165, 1.54) is 0 Å². The fourth-order valence-electron chi connectivity index (χ4n) is 1.56. The van der Waals surface area contributed by atoms with Crippen LogP contribution < -0.4 is 0 Å². The summed E-state index contributed by atoms with van der Waals surface area (Å²) < 4.78 is 25.5. The summed E-state index contributed by atoms with van der Waals surface area (Å²) in [6, 6.07) is 0. The van der Waals surface area contributed by atoms with Gasteiger partial charge in [-0.1, -0.05) is 6.92 Å². The van der Waals surface area contributed by atoms with Crippen molar-refractivity contribution in [3.05, 3.63) is 0 Å². The van der Waals surface area contributed by atoms with E-state index >= 15 is 0 Å². The van der Waals surface area contributed by atoms with Gasteiger partial charge < -0.3 is 9.69 Å². The van der Waals surface area contributed by atoms with Gasteiger partial charge in [0.1, 0.15) is 6.29 Å². The quantitative estimate of drug-likeness (QED) is 0.654. The number of halogens is 2. The smallest absolute Gasteiger partial charge is 0.250 e. The predicted molar refractivity (Wildman–Crippen MR) is 50.5 cm³/mol. The van der Waals surface area contributed by atoms with E-state index in [-0.39, 0.29) is 18.8 Å². The molecule has 0 N–H and O–H groups in total. The molecule has 1 fully saturated rings. The van der Waals surface area contributed by atoms with E-state index in [0.717, 1.165) is 19.3 Å². The number of alkyl halides is 2. The van der Waals surface area contributed by atoms with Gasteiger partial charge >= 0.3 is 0 Å². The minimum atomic E-state index is -2.47. The van der Waals surface area contributed by atoms with Crippen molar-refractivity contribution >= 4 is 6.29 Å². The zero-order chi connectivity index (χ0) is 10.6. The van der Waals surface area contributed by atoms with Crippen LogP contribution in [0.4, 0.5) is 8.78 Å². The average Bonchev–Trinajstić information content (AvgIpc) is 2.16. The first-order chi connectivity index (χ1) is 6.53. The third kappa shape index (κ3) is 3.70. The highest BCUT2D eigenvalue weighted by atomic mass is 19.3. The maximum atomic E-state index is 12.8. The molecule has 1 rings (SSSR count). The van der Waals surface area contributed by atoms with Gasteiger partial charge in [0.2, 0.25) is 0 Å². The van der Waals surface area contributed by atoms with Gasteiger partial charge in [0, 0.05) is 31.8 Å². The monoisotopic (exact) mass is 205 g/mol. The van der Waals surface area contributed by atoms with Gasteiger partial charge in [-0.2, -0.15) is 0 Å². The number of nitrogens with zero attached hydrogens (tertiary/aromatic N) is 1. The Labute approximate surface area is 83.3 Å². The van der Waals surface area contributed by atoms with Gasteiger partial charge in [-0.3, -0.25) is 0 Å². The van der Waals surface area contributed by atoms with E-state index in [1.807, 2.05) is 11.8 Å². The van der Waals surface area contributed by atoms with Crippen molar-refractivity contribution in [2.45, 2.75) is 32.1 Å². The highest BCUT2D eigenvalue weighted by Crippen LogP contribution is 2.27. The van der Waals surface area contributed by atoms with Crippen molar-refractivity contribution < 1.29 is 13.6 Å². The average molecular weight is 205 g/mol. The van der Waals surface area contributed by atoms with Crippen LogP contribution in [0, 0.1) is 5.92 Å². The third-order valence-electron chi connectivity index (χ3n) is 2.72. The summed E-state index contributed by atoms with van der Waals surface area (Å²) in [5.74, 6) is -2.43. The third-order valence-corrected chi connectivity index (χ3v) is 2.72. The summed E-state index contributed by atoms with van der Waals surface area (Å²) in [6.45, 7) is 3.53. The van der Waals surface area contributed by atoms with Gasteiger partial charge in [-0.25, -0.2) is 8.78 Å². The number of carbonyl (C=O) groups excluding carboxylic acids is 1. The van der Waals surface area contributed by atoms with E-state index < -0.39 is 5.92 Å². The van der Waals surface area contributed by atoms with Crippen LogP contribution in [0.1, 0.15) is 26.2 Å². The Morgan fingerprint density at radius 3 is 2.50 bits per heavy atom. The van der Waals surface area contributed by atoms with E-state index in [9.17, 15) is 13.6 Å². The standard InChI is InChI=1S/C10H17F2NO/c1-9(8-14)2-5-13-6-3-10(11,12)4-7-13/h8-9H,2-7H2,1H3. The van der Waals surface area contributed by atoms with Crippen molar-refractivity contribution in [1.82, 2.24) is 4.90 Å². The first-order valence-corrected chi connectivity index (χ1v) is 5.09. The number of likely N-dealkylation sites (tertiary alicyclic amines) is 1. The first-order valence-electron chi connectivity index (χ1n) is 5.09. The molecule has 1 aliphatic rings. The minimum Gasteiger partial charge on any atom is -0.303 e. The maximum absolute atomic E-state index is 12.8. The largest absolute Gasteiger partial charge is 0.303 e. The fraction of sp³-hybridized carbons (Fsp3) is 0.900. The molecule has 14 heavy (non-hydrogen) atoms. The van der Waals surface area contributed by atoms with Crippen LogP contribution in [0.5, 0.6) is 0 Å². The fourth-order valence-corrected chi connectivity index (χ4v) is 1.56. The molecule has 1 aliphatic heterocycles. The lowest BCUT2D eigenvalue weighted by Gasteiger charge is -2.31. The van der Waals surface area contributed by atoms with E-state index in [1.54, 1.807) is 0 Å². The van der Waals surface area contributed by atoms with Gasteiger partial charge in [0.25, 0.3) is 5.92 Å². The highest BCUT2D eigenvalue weighted by molar-refractivity contribution is 5.52. The Morgan fingerprint density at radius 1 is 1.43 bits per heavy atom. The van der Waals surface area contributed by atoms with Gasteiger partial charge in [-0.05, 0) is 13.0 Å². The summed E-state index contributed by atoms with van der Waals surface area (Å²) in [7, 11) is 0. The molecule has 0 amide bonds. The van der Waals surface area contributed by atoms with Crippen LogP contribution >= 0.6 is 0 Å². The van der Waals surface area contributed by atoms with Gasteiger partial charge in [-0.15, -0.1) is 0 Å². The summed E-state index contributed by atoms with van der Waals surface area (Å²) in [5, 5.41) is 0. The maximum Gasteiger partial charge on any atom is 0.250 e. The molecule has 82 valence electrons. The second kappa shape index (κ2) is 4.82. The summed E-state index contributed by atoms with van der Waals surface area (Å²) in [6.07, 6.45) is 1.61. The van der Waals surface area contributed by atoms with Crippen LogP contribution in [0.3, 0.4) is 0 Å². The molecule has 1 atom stereocenters. The van der Waals surface area contributed by atoms with Crippen molar-refractivity contribution in [3.8, 4) is 0 Å². The first kappa shape index (κ1) is 11.6. The lowest BCUT2D eigenvalue weighted by molar-refractivity contribution is -0.111. The molecule has 0 spiro atoms. The molecular weight excluding hydrogens is 188 g/mol. The van der Waals surface area contributed by atoms with Crippen LogP contribution in [0.25, 0.3) is 0 Å². The zero-order valence-corrected chi connectivity index (χ0v) is 8.51. The molecule has 0 aromatic heterocycles. The molecule has 4 heteroatoms. The molecule has 0 bridgehead atoms. The van der Waals surface area contributed by atoms with Crippen LogP contribution in [-0.4, -0.2) is 36.7 Å². The number of hydrogen-bond donors (Lipinski definition) is 0. The van der Waals surface area contributed by atoms with Crippen molar-refractivity contribution in [1.29, 1.82) is 0 Å². The van der Waals surface area contributed by atoms with Crippen molar-refractivity contribution in [2.75, 3.05) is 19.6 Å². The normalized spacial score (nSPS) is 24.5. The Balaban J connectivity index is 2.19. The van der Waals surface area contributed by atoms with Crippen LogP contribution in [0.2, 0.25) is 0 Å². The van der Waals surface area contributed by atoms with E-state index in [0.29, 0.717) is 13.1 Å². The molecule has 2 nitrogen and oxygen atoms in total. The molecule has 0 aromatic rings. The summed E-state index contributed by atoms with van der Waals surface area (Å²) >= 11 is 0. The molecule has 1 saturated heterocycles. The Bertz CT molecular complexity index is 187. The lowest BCUT2D eigenvalue weighted by atomic mass is 10.0. The SMILES string of the molecule is CC(C=O)CCN1CCC(F)(F)CC1. The second-order valence-corrected chi connectivity index (χ2v) is 4.10. The molecule has 0 saturated carbocycles. The zero-order valence-electron chi connectivity index (χ0n) is 8.51. The van der Waals surface area contributed by atoms with Crippen molar-refractivity contribution in [2.24, 2.45) is 5.92 Å². The Morgan fingerprint density at radius 2 is 2.00 bits per heavy atom. The molecule has 0 aliphatic carbocycles. The number of rotatable bonds is 4. The summed E-state index contributed by atoms with van der Waals surface area (Å²) in [5.41, 5.74) is 0. The highest BCUT2D eigenvalue weighted by Gasteiger charge is 2.33. The number of carbonyl (C=O) groups is 1. The molecular formula is C10H17F2NO. The molecule has 0 radical (unpaired) electrons. The lowest BCUT2D eigenvalue weighted by Crippen LogP contribution is -2.40. The molecule has 0 aromatic carbocycles. The molecule has 1 unspecified atom stereocenters. The number of aldehydes is 1. The van der Waals surface area contributed by atoms with E-state index in [2.05, 4.69) is 0 Å². The number of piperidine rings is 1. The van der Waals surface area contributed by atoms with E-state index in [4.69, 9.17) is 0 Å². The Hall–Kier alpha value is -0.510. The topological polar surface area (TPSA) is 20.3 Å². The van der Waals surface area contributed by atoms with Crippen LogP contribution in [0.15, 0.2) is 0 Å². The molecule has 1 heterocycles. The second-order valence-electron chi connectivity index (χ2n) is 4.10. The minimum absolute atomic E-state index is 0.0392. The van der Waals surface area contributed by atoms with Gasteiger partial charge in [0.05, 0.1) is 0 Å². The number of hydrogen-bond acceptors (Lipinski definition) is 2. The van der Waals surface area contributed by atoms with Crippen LogP contribution in [-0.2, 0) is 4.79 Å².